The van der Waals surface area contributed by atoms with Crippen LogP contribution < -0.4 is 5.32 Å². The van der Waals surface area contributed by atoms with Gasteiger partial charge in [0.25, 0.3) is 0 Å². The molecule has 9 N–H and O–H groups in total. The van der Waals surface area contributed by atoms with E-state index in [1.807, 2.05) is 6.08 Å². The average Bonchev–Trinajstić information content (AvgIpc) is 3.24. The largest absolute Gasteiger partial charge is 0.394 e. The van der Waals surface area contributed by atoms with Crippen LogP contribution in [0.2, 0.25) is 0 Å². The third-order valence-electron chi connectivity index (χ3n) is 11.0. The molecule has 0 radical (unpaired) electrons. The normalized spacial score (nSPS) is 28.7. The van der Waals surface area contributed by atoms with E-state index in [0.29, 0.717) is 12.8 Å². The third kappa shape index (κ3) is 21.4. The Labute approximate surface area is 359 Å². The number of ether oxygens (including phenoxy) is 4. The third-order valence-corrected chi connectivity index (χ3v) is 11.0. The van der Waals surface area contributed by atoms with Gasteiger partial charge in [-0.05, 0) is 70.6 Å². The van der Waals surface area contributed by atoms with Crippen molar-refractivity contribution in [1.82, 2.24) is 5.32 Å². The van der Waals surface area contributed by atoms with Crippen molar-refractivity contribution >= 4 is 5.91 Å². The Morgan fingerprint density at radius 3 is 1.67 bits per heavy atom. The molecule has 2 saturated heterocycles. The second kappa shape index (κ2) is 33.5. The smallest absolute Gasteiger partial charge is 0.220 e. The molecular weight excluding hydrogens is 774 g/mol. The van der Waals surface area contributed by atoms with Gasteiger partial charge in [-0.15, -0.1) is 0 Å². The maximum Gasteiger partial charge on any atom is 0.220 e. The Morgan fingerprint density at radius 2 is 1.07 bits per heavy atom. The summed E-state index contributed by atoms with van der Waals surface area (Å²) in [7, 11) is 0. The van der Waals surface area contributed by atoms with Gasteiger partial charge in [0.15, 0.2) is 12.6 Å². The van der Waals surface area contributed by atoms with Crippen LogP contribution in [0.1, 0.15) is 142 Å². The van der Waals surface area contributed by atoms with Crippen LogP contribution in [-0.4, -0.2) is 140 Å². The van der Waals surface area contributed by atoms with Gasteiger partial charge in [-0.1, -0.05) is 114 Å². The van der Waals surface area contributed by atoms with Crippen LogP contribution in [0.15, 0.2) is 48.6 Å². The van der Waals surface area contributed by atoms with Crippen molar-refractivity contribution in [3.05, 3.63) is 48.6 Å². The predicted molar refractivity (Wildman–Crippen MR) is 231 cm³/mol. The molecule has 2 heterocycles. The maximum atomic E-state index is 13.1. The van der Waals surface area contributed by atoms with Crippen molar-refractivity contribution in [3.63, 3.8) is 0 Å². The van der Waals surface area contributed by atoms with Gasteiger partial charge in [-0.3, -0.25) is 4.79 Å². The predicted octanol–water partition coefficient (Wildman–Crippen LogP) is 4.54. The highest BCUT2D eigenvalue weighted by atomic mass is 16.7. The van der Waals surface area contributed by atoms with E-state index in [9.17, 15) is 45.6 Å². The van der Waals surface area contributed by atoms with Crippen LogP contribution in [0, 0.1) is 0 Å². The Balaban J connectivity index is 1.94. The molecule has 14 heteroatoms. The van der Waals surface area contributed by atoms with Crippen molar-refractivity contribution in [1.29, 1.82) is 0 Å². The number of hydrogen-bond donors (Lipinski definition) is 9. The van der Waals surface area contributed by atoms with Crippen LogP contribution in [0.4, 0.5) is 0 Å². The van der Waals surface area contributed by atoms with Crippen LogP contribution in [-0.2, 0) is 23.7 Å². The lowest BCUT2D eigenvalue weighted by Crippen LogP contribution is -2.65. The lowest BCUT2D eigenvalue weighted by atomic mass is 9.97. The van der Waals surface area contributed by atoms with Gasteiger partial charge in [0, 0.05) is 6.42 Å². The number of aliphatic hydroxyl groups excluding tert-OH is 8. The molecule has 2 aliphatic rings. The average molecular weight is 856 g/mol. The first-order chi connectivity index (χ1) is 29.1. The van der Waals surface area contributed by atoms with Gasteiger partial charge in [0.1, 0.15) is 48.8 Å². The first-order valence-corrected chi connectivity index (χ1v) is 22.9. The monoisotopic (exact) mass is 856 g/mol. The highest BCUT2D eigenvalue weighted by molar-refractivity contribution is 5.76. The lowest BCUT2D eigenvalue weighted by Gasteiger charge is -2.46. The highest BCUT2D eigenvalue weighted by Gasteiger charge is 2.50. The number of carbonyl (C=O) groups excluding carboxylic acids is 1. The molecule has 12 atom stereocenters. The molecule has 0 aromatic heterocycles. The van der Waals surface area contributed by atoms with Crippen LogP contribution in [0.5, 0.6) is 0 Å². The summed E-state index contributed by atoms with van der Waals surface area (Å²) in [6, 6.07) is -0.939. The molecule has 0 bridgehead atoms. The van der Waals surface area contributed by atoms with Crippen molar-refractivity contribution < 1.29 is 64.6 Å². The van der Waals surface area contributed by atoms with E-state index in [2.05, 4.69) is 55.6 Å². The van der Waals surface area contributed by atoms with Crippen molar-refractivity contribution in [2.75, 3.05) is 19.8 Å². The summed E-state index contributed by atoms with van der Waals surface area (Å²) in [4.78, 5) is 13.1. The SMILES string of the molecule is CCCCC/C=C\CCCCCCCC(=O)NC(COC1OC(CO)C(OC2OC(CO)C(O)C(O)C2O)C(O)C1O)C(O)/C=C/CC/C=C/CC/C=C/CCCCCC. The number of allylic oxidation sites excluding steroid dienone is 7. The van der Waals surface area contributed by atoms with Crippen LogP contribution in [0.25, 0.3) is 0 Å². The molecule has 2 aliphatic heterocycles. The van der Waals surface area contributed by atoms with Crippen LogP contribution in [0.3, 0.4) is 0 Å². The molecule has 348 valence electrons. The van der Waals surface area contributed by atoms with Crippen LogP contribution >= 0.6 is 0 Å². The number of aliphatic hydroxyl groups is 8. The summed E-state index contributed by atoms with van der Waals surface area (Å²) in [5.74, 6) is -0.268. The molecule has 14 nitrogen and oxygen atoms in total. The zero-order valence-corrected chi connectivity index (χ0v) is 36.4. The number of amides is 1. The Bertz CT molecular complexity index is 1200. The number of nitrogens with one attached hydrogen (secondary N) is 1. The maximum absolute atomic E-state index is 13.1. The van der Waals surface area contributed by atoms with E-state index in [0.717, 1.165) is 64.2 Å². The number of unbranched alkanes of at least 4 members (excludes halogenated alkanes) is 14. The van der Waals surface area contributed by atoms with Crippen molar-refractivity contribution in [3.8, 4) is 0 Å². The zero-order chi connectivity index (χ0) is 44.0. The number of rotatable bonds is 33. The summed E-state index contributed by atoms with van der Waals surface area (Å²) >= 11 is 0. The second-order valence-electron chi connectivity index (χ2n) is 16.2. The molecule has 2 fully saturated rings. The van der Waals surface area contributed by atoms with Gasteiger partial charge < -0.3 is 65.1 Å². The quantitative estimate of drug-likeness (QED) is 0.0327. The van der Waals surface area contributed by atoms with E-state index in [1.165, 1.54) is 44.9 Å². The van der Waals surface area contributed by atoms with E-state index < -0.39 is 86.8 Å². The molecule has 60 heavy (non-hydrogen) atoms. The highest BCUT2D eigenvalue weighted by Crippen LogP contribution is 2.30. The minimum atomic E-state index is -1.79. The standard InChI is InChI=1S/C46H81NO13/c1-3-5-7-9-11-13-15-17-18-19-21-23-25-27-29-35(50)34(47-38(51)30-28-26-24-22-20-16-14-12-10-8-6-4-2)33-57-45-43(56)41(54)44(37(32-49)59-45)60-46-42(55)40(53)39(52)36(31-48)58-46/h12-15,19,21,27,29,34-37,39-46,48-50,52-56H,3-11,16-18,20,22-26,28,30-33H2,1-2H3,(H,47,51)/b14-12-,15-13+,21-19+,29-27+. The number of hydrogen-bond acceptors (Lipinski definition) is 13. The van der Waals surface area contributed by atoms with E-state index in [1.54, 1.807) is 6.08 Å². The zero-order valence-electron chi connectivity index (χ0n) is 36.4. The fourth-order valence-electron chi connectivity index (χ4n) is 7.14. The lowest BCUT2D eigenvalue weighted by molar-refractivity contribution is -0.359. The first-order valence-electron chi connectivity index (χ1n) is 22.9. The van der Waals surface area contributed by atoms with Gasteiger partial charge in [0.2, 0.25) is 5.91 Å². The summed E-state index contributed by atoms with van der Waals surface area (Å²) in [5, 5.41) is 86.4. The van der Waals surface area contributed by atoms with Crippen molar-refractivity contribution in [2.24, 2.45) is 0 Å². The Kier molecular flexibility index (Phi) is 30.2. The fourth-order valence-corrected chi connectivity index (χ4v) is 7.14. The fraction of sp³-hybridized carbons (Fsp3) is 0.804. The second-order valence-corrected chi connectivity index (χ2v) is 16.2. The summed E-state index contributed by atoms with van der Waals surface area (Å²) in [6.45, 7) is 2.67. The molecule has 2 rings (SSSR count). The van der Waals surface area contributed by atoms with Gasteiger partial charge >= 0.3 is 0 Å². The molecule has 0 aliphatic carbocycles. The topological polar surface area (TPSA) is 228 Å². The Morgan fingerprint density at radius 1 is 0.583 bits per heavy atom. The molecule has 0 saturated carbocycles. The van der Waals surface area contributed by atoms with Gasteiger partial charge in [-0.25, -0.2) is 0 Å². The molecule has 0 aromatic carbocycles. The van der Waals surface area contributed by atoms with Gasteiger partial charge in [0.05, 0.1) is 32.0 Å². The molecule has 1 amide bonds. The summed E-state index contributed by atoms with van der Waals surface area (Å²) < 4.78 is 22.6. The molecule has 12 unspecified atom stereocenters. The van der Waals surface area contributed by atoms with Gasteiger partial charge in [-0.2, -0.15) is 0 Å². The van der Waals surface area contributed by atoms with E-state index in [4.69, 9.17) is 18.9 Å². The summed E-state index contributed by atoms with van der Waals surface area (Å²) in [5.41, 5.74) is 0. The minimum Gasteiger partial charge on any atom is -0.394 e. The molecule has 0 spiro atoms. The number of carbonyl (C=O) groups is 1. The Hall–Kier alpha value is -2.05. The van der Waals surface area contributed by atoms with E-state index >= 15 is 0 Å². The summed E-state index contributed by atoms with van der Waals surface area (Å²) in [6.07, 6.45) is 20.2. The minimum absolute atomic E-state index is 0.258. The molecular formula is C46H81NO13. The first kappa shape index (κ1) is 54.1. The van der Waals surface area contributed by atoms with Crippen molar-refractivity contribution in [2.45, 2.75) is 216 Å². The van der Waals surface area contributed by atoms with E-state index in [-0.39, 0.29) is 18.9 Å². The molecule has 0 aromatic rings.